The summed E-state index contributed by atoms with van der Waals surface area (Å²) in [6.45, 7) is 2.08. The number of rotatable bonds is 7. The second kappa shape index (κ2) is 9.36. The van der Waals surface area contributed by atoms with E-state index in [0.717, 1.165) is 17.2 Å². The molecule has 1 aromatic heterocycles. The Morgan fingerprint density at radius 3 is 2.63 bits per heavy atom. The molecule has 2 rings (SSSR count). The lowest BCUT2D eigenvalue weighted by atomic mass is 10.1. The highest BCUT2D eigenvalue weighted by Gasteiger charge is 2.57. The van der Waals surface area contributed by atoms with Crippen molar-refractivity contribution in [2.75, 3.05) is 26.8 Å². The minimum Gasteiger partial charge on any atom is -0.464 e. The molecule has 3 N–H and O–H groups in total. The number of ether oxygens (including phenoxy) is 3. The van der Waals surface area contributed by atoms with Crippen LogP contribution in [-0.2, 0) is 19.0 Å². The number of carbonyl (C=O) groups is 2. The van der Waals surface area contributed by atoms with Crippen LogP contribution in [0.5, 0.6) is 0 Å². The molecule has 12 nitrogen and oxygen atoms in total. The van der Waals surface area contributed by atoms with Gasteiger partial charge in [0.25, 0.3) is 11.4 Å². The Morgan fingerprint density at radius 1 is 1.37 bits per heavy atom. The Morgan fingerprint density at radius 2 is 2.03 bits per heavy atom. The van der Waals surface area contributed by atoms with Crippen molar-refractivity contribution in [3.8, 4) is 0 Å². The average molecular weight is 433 g/mol. The SMILES string of the molecule is CC(C)C(=O)OCCN(C)C(=O)OC[C@@]1(F)O[C@@H](n2ccc(=O)[nH]c2=O)[C@H](O)[C@@H]1O. The fraction of sp³-hybridized carbons (Fsp3) is 0.647. The number of H-pyrrole nitrogens is 1. The van der Waals surface area contributed by atoms with E-state index in [2.05, 4.69) is 0 Å². The van der Waals surface area contributed by atoms with Gasteiger partial charge in [0, 0.05) is 19.3 Å². The lowest BCUT2D eigenvalue weighted by Crippen LogP contribution is -2.45. The molecule has 0 unspecified atom stereocenters. The summed E-state index contributed by atoms with van der Waals surface area (Å²) < 4.78 is 30.3. The van der Waals surface area contributed by atoms with Gasteiger partial charge in [-0.15, -0.1) is 0 Å². The van der Waals surface area contributed by atoms with Gasteiger partial charge < -0.3 is 29.3 Å². The monoisotopic (exact) mass is 433 g/mol. The molecule has 0 aromatic carbocycles. The van der Waals surface area contributed by atoms with Crippen LogP contribution in [0, 0.1) is 5.92 Å². The molecule has 1 saturated heterocycles. The van der Waals surface area contributed by atoms with Gasteiger partial charge in [0.15, 0.2) is 12.8 Å². The number of carbonyl (C=O) groups excluding carboxylic acids is 2. The predicted octanol–water partition coefficient (Wildman–Crippen LogP) is -1.28. The maximum absolute atomic E-state index is 15.0. The summed E-state index contributed by atoms with van der Waals surface area (Å²) in [7, 11) is 1.32. The Balaban J connectivity index is 1.95. The second-order valence-corrected chi connectivity index (χ2v) is 7.05. The summed E-state index contributed by atoms with van der Waals surface area (Å²) in [4.78, 5) is 49.2. The second-order valence-electron chi connectivity index (χ2n) is 7.05. The molecule has 2 heterocycles. The van der Waals surface area contributed by atoms with E-state index in [1.165, 1.54) is 7.05 Å². The molecular formula is C17H24FN3O9. The van der Waals surface area contributed by atoms with Crippen LogP contribution in [0.2, 0.25) is 0 Å². The standard InChI is InChI=1S/C17H24FN3O9/c1-9(2)14(25)28-7-6-20(3)16(27)29-8-17(18)12(24)11(23)13(30-17)21-5-4-10(22)19-15(21)26/h4-5,9,11-13,23-24H,6-8H2,1-3H3,(H,19,22,26)/t11-,12+,13-,17-/m1/s1. The number of aliphatic hydroxyl groups excluding tert-OH is 2. The zero-order chi connectivity index (χ0) is 22.6. The molecule has 1 aliphatic heterocycles. The molecule has 0 saturated carbocycles. The fourth-order valence-corrected chi connectivity index (χ4v) is 2.53. The van der Waals surface area contributed by atoms with E-state index in [1.807, 2.05) is 4.98 Å². The fourth-order valence-electron chi connectivity index (χ4n) is 2.53. The maximum atomic E-state index is 15.0. The number of hydrogen-bond donors (Lipinski definition) is 3. The predicted molar refractivity (Wildman–Crippen MR) is 97.1 cm³/mol. The van der Waals surface area contributed by atoms with E-state index < -0.39 is 54.2 Å². The van der Waals surface area contributed by atoms with Gasteiger partial charge in [-0.3, -0.25) is 19.1 Å². The summed E-state index contributed by atoms with van der Waals surface area (Å²) in [5, 5.41) is 20.1. The largest absolute Gasteiger partial charge is 0.464 e. The van der Waals surface area contributed by atoms with Gasteiger partial charge in [0.1, 0.15) is 18.8 Å². The van der Waals surface area contributed by atoms with E-state index in [-0.39, 0.29) is 19.1 Å². The van der Waals surface area contributed by atoms with Crippen LogP contribution >= 0.6 is 0 Å². The summed E-state index contributed by atoms with van der Waals surface area (Å²) in [6, 6.07) is 0.948. The van der Waals surface area contributed by atoms with E-state index in [1.54, 1.807) is 13.8 Å². The van der Waals surface area contributed by atoms with Crippen molar-refractivity contribution in [1.82, 2.24) is 14.5 Å². The first-order valence-electron chi connectivity index (χ1n) is 9.05. The lowest BCUT2D eigenvalue weighted by Gasteiger charge is -2.24. The minimum atomic E-state index is -3.01. The molecule has 0 radical (unpaired) electrons. The smallest absolute Gasteiger partial charge is 0.409 e. The number of amides is 1. The van der Waals surface area contributed by atoms with Crippen LogP contribution in [0.25, 0.3) is 0 Å². The highest BCUT2D eigenvalue weighted by atomic mass is 19.2. The van der Waals surface area contributed by atoms with Crippen molar-refractivity contribution >= 4 is 12.1 Å². The number of alkyl halides is 1. The minimum absolute atomic E-state index is 0.0297. The van der Waals surface area contributed by atoms with Crippen molar-refractivity contribution in [1.29, 1.82) is 0 Å². The summed E-state index contributed by atoms with van der Waals surface area (Å²) in [6.07, 6.45) is -5.73. The molecule has 168 valence electrons. The molecule has 0 aliphatic carbocycles. The number of aromatic amines is 1. The van der Waals surface area contributed by atoms with Crippen molar-refractivity contribution in [3.63, 3.8) is 0 Å². The van der Waals surface area contributed by atoms with Gasteiger partial charge in [-0.1, -0.05) is 13.8 Å². The number of likely N-dealkylation sites (N-methyl/N-ethyl adjacent to an activating group) is 1. The number of hydrogen-bond acceptors (Lipinski definition) is 9. The Hall–Kier alpha value is -2.77. The molecule has 1 aromatic rings. The molecule has 0 spiro atoms. The first-order valence-corrected chi connectivity index (χ1v) is 9.05. The third-order valence-electron chi connectivity index (χ3n) is 4.35. The van der Waals surface area contributed by atoms with Crippen LogP contribution in [0.15, 0.2) is 21.9 Å². The summed E-state index contributed by atoms with van der Waals surface area (Å²) >= 11 is 0. The third-order valence-corrected chi connectivity index (χ3v) is 4.35. The first kappa shape index (κ1) is 23.5. The molecule has 1 aliphatic rings. The summed E-state index contributed by atoms with van der Waals surface area (Å²) in [5.74, 6) is -3.79. The first-order chi connectivity index (χ1) is 14.0. The molecular weight excluding hydrogens is 409 g/mol. The Kier molecular flexibility index (Phi) is 7.34. The third kappa shape index (κ3) is 5.23. The normalized spacial score (nSPS) is 25.9. The lowest BCUT2D eigenvalue weighted by molar-refractivity contribution is -0.208. The number of aromatic nitrogens is 2. The molecule has 1 fully saturated rings. The quantitative estimate of drug-likeness (QED) is 0.445. The van der Waals surface area contributed by atoms with Crippen LogP contribution in [0.3, 0.4) is 0 Å². The molecule has 1 amide bonds. The summed E-state index contributed by atoms with van der Waals surface area (Å²) in [5.41, 5.74) is -1.71. The highest BCUT2D eigenvalue weighted by molar-refractivity contribution is 5.71. The maximum Gasteiger partial charge on any atom is 0.409 e. The van der Waals surface area contributed by atoms with Gasteiger partial charge in [-0.25, -0.2) is 14.0 Å². The van der Waals surface area contributed by atoms with Crippen molar-refractivity contribution in [3.05, 3.63) is 33.1 Å². The molecule has 30 heavy (non-hydrogen) atoms. The van der Waals surface area contributed by atoms with Gasteiger partial charge in [-0.2, -0.15) is 0 Å². The highest BCUT2D eigenvalue weighted by Crippen LogP contribution is 2.37. The Labute approximate surface area is 169 Å². The van der Waals surface area contributed by atoms with Gasteiger partial charge in [-0.05, 0) is 0 Å². The molecule has 0 bridgehead atoms. The number of halogens is 1. The van der Waals surface area contributed by atoms with Crippen LogP contribution < -0.4 is 11.2 Å². The van der Waals surface area contributed by atoms with Crippen LogP contribution in [0.4, 0.5) is 9.18 Å². The Bertz CT molecular complexity index is 886. The van der Waals surface area contributed by atoms with Crippen molar-refractivity contribution in [2.24, 2.45) is 5.92 Å². The zero-order valence-electron chi connectivity index (χ0n) is 16.6. The topological polar surface area (TPSA) is 160 Å². The van der Waals surface area contributed by atoms with Crippen LogP contribution in [0.1, 0.15) is 20.1 Å². The zero-order valence-corrected chi connectivity index (χ0v) is 16.6. The van der Waals surface area contributed by atoms with E-state index in [0.29, 0.717) is 4.57 Å². The number of esters is 1. The van der Waals surface area contributed by atoms with Crippen molar-refractivity contribution in [2.45, 2.75) is 38.1 Å². The van der Waals surface area contributed by atoms with E-state index in [4.69, 9.17) is 14.2 Å². The van der Waals surface area contributed by atoms with Gasteiger partial charge >= 0.3 is 17.8 Å². The average Bonchev–Trinajstić information content (AvgIpc) is 2.90. The van der Waals surface area contributed by atoms with Crippen LogP contribution in [-0.4, -0.2) is 81.6 Å². The molecule has 13 heteroatoms. The molecule has 4 atom stereocenters. The van der Waals surface area contributed by atoms with E-state index in [9.17, 15) is 33.8 Å². The van der Waals surface area contributed by atoms with E-state index >= 15 is 0 Å². The van der Waals surface area contributed by atoms with Gasteiger partial charge in [0.05, 0.1) is 12.5 Å². The van der Waals surface area contributed by atoms with Gasteiger partial charge in [0.2, 0.25) is 0 Å². The number of nitrogens with one attached hydrogen (secondary N) is 1. The van der Waals surface area contributed by atoms with Crippen molar-refractivity contribution < 1.29 is 38.4 Å². The number of nitrogens with zero attached hydrogens (tertiary/aromatic N) is 2. The number of aliphatic hydroxyl groups is 2.